The maximum absolute atomic E-state index is 12.5. The van der Waals surface area contributed by atoms with Crippen molar-refractivity contribution >= 4 is 35.3 Å². The Hall–Kier alpha value is -4.04. The molecule has 9 heteroatoms. The fourth-order valence-corrected chi connectivity index (χ4v) is 3.25. The quantitative estimate of drug-likeness (QED) is 0.272. The molecular formula is C27H28ClN3O5. The molecule has 0 aliphatic heterocycles. The molecule has 0 bridgehead atoms. The number of hydrazone groups is 1. The van der Waals surface area contributed by atoms with Crippen molar-refractivity contribution in [3.05, 3.63) is 82.4 Å². The zero-order valence-electron chi connectivity index (χ0n) is 20.3. The molecule has 0 spiro atoms. The van der Waals surface area contributed by atoms with Crippen LogP contribution in [0, 0.1) is 6.92 Å². The van der Waals surface area contributed by atoms with Crippen molar-refractivity contribution in [2.75, 3.05) is 25.6 Å². The van der Waals surface area contributed by atoms with Gasteiger partial charge in [0, 0.05) is 16.3 Å². The van der Waals surface area contributed by atoms with E-state index in [-0.39, 0.29) is 12.5 Å². The number of methoxy groups -OCH3 is 1. The summed E-state index contributed by atoms with van der Waals surface area (Å²) in [6.07, 6.45) is 2.34. The Morgan fingerprint density at radius 3 is 2.61 bits per heavy atom. The van der Waals surface area contributed by atoms with Gasteiger partial charge >= 0.3 is 0 Å². The minimum Gasteiger partial charge on any atom is -0.493 e. The van der Waals surface area contributed by atoms with Crippen LogP contribution in [0.2, 0.25) is 5.02 Å². The summed E-state index contributed by atoms with van der Waals surface area (Å²) in [6, 6.07) is 17.2. The molecule has 0 aromatic heterocycles. The molecule has 0 saturated heterocycles. The summed E-state index contributed by atoms with van der Waals surface area (Å²) >= 11 is 6.09. The Morgan fingerprint density at radius 2 is 1.86 bits per heavy atom. The zero-order chi connectivity index (χ0) is 25.9. The average Bonchev–Trinajstić information content (AvgIpc) is 2.88. The van der Waals surface area contributed by atoms with Crippen molar-refractivity contribution in [2.24, 2.45) is 5.10 Å². The van der Waals surface area contributed by atoms with Crippen molar-refractivity contribution in [1.29, 1.82) is 0 Å². The van der Waals surface area contributed by atoms with Gasteiger partial charge in [0.2, 0.25) is 0 Å². The number of nitrogens with zero attached hydrogens (tertiary/aromatic N) is 1. The Bertz CT molecular complexity index is 1250. The number of carbonyl (C=O) groups excluding carboxylic acids is 2. The summed E-state index contributed by atoms with van der Waals surface area (Å²) in [5, 5.41) is 7.32. The largest absolute Gasteiger partial charge is 0.493 e. The van der Waals surface area contributed by atoms with E-state index in [2.05, 4.69) is 15.8 Å². The Balaban J connectivity index is 1.53. The third-order valence-electron chi connectivity index (χ3n) is 4.95. The molecule has 3 aromatic rings. The summed E-state index contributed by atoms with van der Waals surface area (Å²) in [6.45, 7) is 4.27. The Kier molecular flexibility index (Phi) is 9.71. The molecule has 2 N–H and O–H groups in total. The Morgan fingerprint density at radius 1 is 1.03 bits per heavy atom. The molecular weight excluding hydrogens is 482 g/mol. The first-order valence-corrected chi connectivity index (χ1v) is 11.7. The minimum absolute atomic E-state index is 0.178. The van der Waals surface area contributed by atoms with E-state index in [0.29, 0.717) is 45.7 Å². The molecule has 3 aromatic carbocycles. The number of hydrogen-bond donors (Lipinski definition) is 2. The number of amides is 2. The van der Waals surface area contributed by atoms with Crippen molar-refractivity contribution in [3.63, 3.8) is 0 Å². The van der Waals surface area contributed by atoms with Crippen LogP contribution in [0.5, 0.6) is 17.2 Å². The van der Waals surface area contributed by atoms with E-state index >= 15 is 0 Å². The van der Waals surface area contributed by atoms with Gasteiger partial charge in [0.15, 0.2) is 18.1 Å². The first-order chi connectivity index (χ1) is 17.4. The number of carbonyl (C=O) groups is 2. The second-order valence-corrected chi connectivity index (χ2v) is 8.19. The maximum Gasteiger partial charge on any atom is 0.271 e. The Labute approximate surface area is 215 Å². The number of aryl methyl sites for hydroxylation is 1. The molecule has 0 saturated carbocycles. The predicted octanol–water partition coefficient (Wildman–Crippen LogP) is 5.23. The van der Waals surface area contributed by atoms with Crippen LogP contribution in [0.15, 0.2) is 65.8 Å². The molecule has 3 rings (SSSR count). The molecule has 0 fully saturated rings. The molecule has 0 aliphatic rings. The zero-order valence-corrected chi connectivity index (χ0v) is 21.1. The van der Waals surface area contributed by atoms with Crippen LogP contribution in [-0.2, 0) is 4.79 Å². The van der Waals surface area contributed by atoms with Crippen LogP contribution < -0.4 is 25.0 Å². The summed E-state index contributed by atoms with van der Waals surface area (Å²) < 4.78 is 16.5. The van der Waals surface area contributed by atoms with Gasteiger partial charge in [-0.15, -0.1) is 0 Å². The standard InChI is InChI=1S/C27H28ClN3O5/c1-4-12-35-24-11-9-20(14-25(24)34-3)27(33)31-29-16-19-6-5-7-22(13-19)36-17-26(32)30-21-10-8-18(2)23(28)15-21/h5-11,13-16H,4,12,17H2,1-3H3,(H,30,32)(H,31,33)/b29-16+. The third kappa shape index (κ3) is 7.74. The van der Waals surface area contributed by atoms with E-state index < -0.39 is 5.91 Å². The lowest BCUT2D eigenvalue weighted by Crippen LogP contribution is -2.20. The highest BCUT2D eigenvalue weighted by molar-refractivity contribution is 6.31. The third-order valence-corrected chi connectivity index (χ3v) is 5.36. The van der Waals surface area contributed by atoms with Crippen molar-refractivity contribution in [1.82, 2.24) is 5.43 Å². The van der Waals surface area contributed by atoms with E-state index in [1.54, 1.807) is 54.6 Å². The highest BCUT2D eigenvalue weighted by Crippen LogP contribution is 2.28. The van der Waals surface area contributed by atoms with Crippen LogP contribution in [0.4, 0.5) is 5.69 Å². The summed E-state index contributed by atoms with van der Waals surface area (Å²) in [5.41, 5.74) is 5.07. The lowest BCUT2D eigenvalue weighted by molar-refractivity contribution is -0.118. The number of ether oxygens (including phenoxy) is 3. The summed E-state index contributed by atoms with van der Waals surface area (Å²) in [7, 11) is 1.52. The molecule has 8 nitrogen and oxygen atoms in total. The van der Waals surface area contributed by atoms with Gasteiger partial charge in [0.05, 0.1) is 19.9 Å². The normalized spacial score (nSPS) is 10.7. The van der Waals surface area contributed by atoms with Gasteiger partial charge in [0.25, 0.3) is 11.8 Å². The van der Waals surface area contributed by atoms with Gasteiger partial charge in [0.1, 0.15) is 5.75 Å². The van der Waals surface area contributed by atoms with Crippen LogP contribution in [0.25, 0.3) is 0 Å². The van der Waals surface area contributed by atoms with Crippen molar-refractivity contribution in [3.8, 4) is 17.2 Å². The number of anilines is 1. The van der Waals surface area contributed by atoms with Crippen molar-refractivity contribution < 1.29 is 23.8 Å². The van der Waals surface area contributed by atoms with E-state index in [9.17, 15) is 9.59 Å². The fourth-order valence-electron chi connectivity index (χ4n) is 3.07. The van der Waals surface area contributed by atoms with Crippen LogP contribution in [0.1, 0.15) is 34.8 Å². The number of nitrogens with one attached hydrogen (secondary N) is 2. The first kappa shape index (κ1) is 26.6. The highest BCUT2D eigenvalue weighted by atomic mass is 35.5. The summed E-state index contributed by atoms with van der Waals surface area (Å²) in [5.74, 6) is 0.816. The molecule has 36 heavy (non-hydrogen) atoms. The molecule has 2 amide bonds. The predicted molar refractivity (Wildman–Crippen MR) is 141 cm³/mol. The van der Waals surface area contributed by atoms with Gasteiger partial charge in [-0.05, 0) is 66.9 Å². The molecule has 0 aliphatic carbocycles. The smallest absolute Gasteiger partial charge is 0.271 e. The van der Waals surface area contributed by atoms with E-state index in [4.69, 9.17) is 25.8 Å². The number of halogens is 1. The van der Waals surface area contributed by atoms with Crippen LogP contribution in [0.3, 0.4) is 0 Å². The van der Waals surface area contributed by atoms with Gasteiger partial charge < -0.3 is 19.5 Å². The SMILES string of the molecule is CCCOc1ccc(C(=O)N/N=C/c2cccc(OCC(=O)Nc3ccc(C)c(Cl)c3)c2)cc1OC. The van der Waals surface area contributed by atoms with E-state index in [1.165, 1.54) is 13.3 Å². The van der Waals surface area contributed by atoms with Crippen LogP contribution in [-0.4, -0.2) is 38.4 Å². The van der Waals surface area contributed by atoms with E-state index in [1.807, 2.05) is 19.9 Å². The lowest BCUT2D eigenvalue weighted by Gasteiger charge is -2.11. The molecule has 0 unspecified atom stereocenters. The fraction of sp³-hybridized carbons (Fsp3) is 0.222. The van der Waals surface area contributed by atoms with Gasteiger partial charge in [-0.25, -0.2) is 5.43 Å². The monoisotopic (exact) mass is 509 g/mol. The number of rotatable bonds is 11. The molecule has 0 heterocycles. The average molecular weight is 510 g/mol. The van der Waals surface area contributed by atoms with Gasteiger partial charge in [-0.2, -0.15) is 5.10 Å². The molecule has 0 atom stereocenters. The molecule has 188 valence electrons. The molecule has 0 radical (unpaired) electrons. The van der Waals surface area contributed by atoms with Crippen LogP contribution >= 0.6 is 11.6 Å². The minimum atomic E-state index is -0.396. The van der Waals surface area contributed by atoms with Gasteiger partial charge in [-0.1, -0.05) is 36.7 Å². The number of benzene rings is 3. The number of hydrogen-bond acceptors (Lipinski definition) is 6. The van der Waals surface area contributed by atoms with Gasteiger partial charge in [-0.3, -0.25) is 9.59 Å². The lowest BCUT2D eigenvalue weighted by atomic mass is 10.2. The van der Waals surface area contributed by atoms with Crippen molar-refractivity contribution in [2.45, 2.75) is 20.3 Å². The maximum atomic E-state index is 12.5. The van der Waals surface area contributed by atoms with E-state index in [0.717, 1.165) is 12.0 Å². The first-order valence-electron chi connectivity index (χ1n) is 11.3. The topological polar surface area (TPSA) is 98.3 Å². The second kappa shape index (κ2) is 13.2. The summed E-state index contributed by atoms with van der Waals surface area (Å²) in [4.78, 5) is 24.7. The highest BCUT2D eigenvalue weighted by Gasteiger charge is 2.11. The second-order valence-electron chi connectivity index (χ2n) is 7.79.